The molecule has 0 bridgehead atoms. The molecule has 0 aliphatic carbocycles. The van der Waals surface area contributed by atoms with Crippen molar-refractivity contribution in [1.82, 2.24) is 0 Å². The number of nitrogens with zero attached hydrogens (tertiary/aromatic N) is 2. The van der Waals surface area contributed by atoms with Crippen molar-refractivity contribution in [2.45, 2.75) is 13.3 Å². The number of hydrogen-bond donors (Lipinski definition) is 2. The van der Waals surface area contributed by atoms with Crippen molar-refractivity contribution in [1.29, 1.82) is 0 Å². The van der Waals surface area contributed by atoms with Gasteiger partial charge in [-0.25, -0.2) is 4.99 Å². The molecule has 4 nitrogen and oxygen atoms in total. The van der Waals surface area contributed by atoms with Crippen molar-refractivity contribution in [3.8, 4) is 0 Å². The van der Waals surface area contributed by atoms with E-state index >= 15 is 0 Å². The zero-order valence-electron chi connectivity index (χ0n) is 11.6. The van der Waals surface area contributed by atoms with E-state index in [0.29, 0.717) is 24.4 Å². The van der Waals surface area contributed by atoms with Crippen LogP contribution in [0.2, 0.25) is 0 Å². The Balaban J connectivity index is 2.71. The highest BCUT2D eigenvalue weighted by Crippen LogP contribution is 1.99. The van der Waals surface area contributed by atoms with Gasteiger partial charge >= 0.3 is 0 Å². The molecule has 0 amide bonds. The molecule has 1 aromatic rings. The Bertz CT molecular complexity index is 493. The predicted octanol–water partition coefficient (Wildman–Crippen LogP) is 0.921. The molecule has 0 radical (unpaired) electrons. The van der Waals surface area contributed by atoms with Crippen LogP contribution in [0.1, 0.15) is 16.6 Å². The fraction of sp³-hybridized carbons (Fsp3) is 0.273. The highest BCUT2D eigenvalue weighted by molar-refractivity contribution is 5.93. The number of rotatable bonds is 3. The number of amidine groups is 1. The van der Waals surface area contributed by atoms with Gasteiger partial charge < -0.3 is 11.5 Å². The summed E-state index contributed by atoms with van der Waals surface area (Å²) in [4.78, 5) is 7.76. The first kappa shape index (κ1) is 7.45. The fourth-order valence-electron chi connectivity index (χ4n) is 0.995. The van der Waals surface area contributed by atoms with Crippen molar-refractivity contribution in [3.05, 3.63) is 35.8 Å². The number of aliphatic imine (C=N–C) groups is 2. The molecule has 4 N–H and O–H groups in total. The first-order chi connectivity index (χ1) is 8.41. The summed E-state index contributed by atoms with van der Waals surface area (Å²) in [6.07, 6.45) is 0.477. The van der Waals surface area contributed by atoms with Crippen LogP contribution < -0.4 is 11.5 Å². The average molecular weight is 207 g/mol. The second kappa shape index (κ2) is 5.80. The molecule has 0 saturated carbocycles. The standard InChI is InChI=1S/C11H16N4/c1-9(12)15-11(13)14-8-7-10-5-3-2-4-6-10/h2-6H,7-8H2,1H3,(H4,12,13,14,15)/i2D,3D,5D. The van der Waals surface area contributed by atoms with Gasteiger partial charge in [0.2, 0.25) is 5.96 Å². The Kier molecular flexibility index (Phi) is 2.88. The highest BCUT2D eigenvalue weighted by Gasteiger charge is 1.91. The molecule has 0 spiro atoms. The Morgan fingerprint density at radius 1 is 1.47 bits per heavy atom. The number of benzene rings is 1. The molecule has 0 heterocycles. The van der Waals surface area contributed by atoms with Gasteiger partial charge in [0, 0.05) is 6.54 Å². The van der Waals surface area contributed by atoms with Crippen LogP contribution in [0.25, 0.3) is 0 Å². The van der Waals surface area contributed by atoms with Crippen LogP contribution in [0, 0.1) is 0 Å². The fourth-order valence-corrected chi connectivity index (χ4v) is 0.995. The van der Waals surface area contributed by atoms with E-state index in [9.17, 15) is 0 Å². The molecule has 0 saturated heterocycles. The Labute approximate surface area is 93.9 Å². The molecule has 0 unspecified atom stereocenters. The summed E-state index contributed by atoms with van der Waals surface area (Å²) >= 11 is 0. The first-order valence-corrected chi connectivity index (χ1v) is 4.58. The third kappa shape index (κ3) is 4.81. The largest absolute Gasteiger partial charge is 0.387 e. The van der Waals surface area contributed by atoms with E-state index in [-0.39, 0.29) is 24.1 Å². The molecular weight excluding hydrogens is 188 g/mol. The van der Waals surface area contributed by atoms with E-state index in [1.165, 1.54) is 6.07 Å². The minimum Gasteiger partial charge on any atom is -0.387 e. The molecule has 0 atom stereocenters. The van der Waals surface area contributed by atoms with Gasteiger partial charge in [-0.2, -0.15) is 0 Å². The van der Waals surface area contributed by atoms with Crippen LogP contribution in [-0.2, 0) is 6.42 Å². The van der Waals surface area contributed by atoms with Gasteiger partial charge in [0.1, 0.15) is 0 Å². The summed E-state index contributed by atoms with van der Waals surface area (Å²) in [7, 11) is 0. The smallest absolute Gasteiger partial charge is 0.216 e. The van der Waals surface area contributed by atoms with Gasteiger partial charge in [-0.1, -0.05) is 30.3 Å². The van der Waals surface area contributed by atoms with Crippen LogP contribution in [0.4, 0.5) is 0 Å². The lowest BCUT2D eigenvalue weighted by Crippen LogP contribution is -2.16. The van der Waals surface area contributed by atoms with Gasteiger partial charge in [0.25, 0.3) is 0 Å². The average Bonchev–Trinajstić information content (AvgIpc) is 2.28. The molecular formula is C11H16N4. The van der Waals surface area contributed by atoms with Crippen LogP contribution in [0.15, 0.2) is 40.2 Å². The van der Waals surface area contributed by atoms with E-state index in [1.807, 2.05) is 0 Å². The molecule has 1 rings (SSSR count). The number of guanidine groups is 1. The Morgan fingerprint density at radius 3 is 3.00 bits per heavy atom. The summed E-state index contributed by atoms with van der Waals surface area (Å²) < 4.78 is 22.6. The summed E-state index contributed by atoms with van der Waals surface area (Å²) in [6.45, 7) is 1.98. The second-order valence-electron chi connectivity index (χ2n) is 3.00. The minimum absolute atomic E-state index is 0.0510. The van der Waals surface area contributed by atoms with E-state index in [2.05, 4.69) is 9.98 Å². The van der Waals surface area contributed by atoms with Crippen molar-refractivity contribution >= 4 is 11.8 Å². The van der Waals surface area contributed by atoms with Gasteiger partial charge in [-0.05, 0) is 18.9 Å². The minimum atomic E-state index is -0.0692. The van der Waals surface area contributed by atoms with E-state index in [0.717, 1.165) is 0 Å². The van der Waals surface area contributed by atoms with E-state index < -0.39 is 0 Å². The molecule has 80 valence electrons. The maximum atomic E-state index is 7.70. The van der Waals surface area contributed by atoms with Crippen molar-refractivity contribution in [3.63, 3.8) is 0 Å². The lowest BCUT2D eigenvalue weighted by atomic mass is 10.2. The topological polar surface area (TPSA) is 76.8 Å². The lowest BCUT2D eigenvalue weighted by molar-refractivity contribution is 0.962. The van der Waals surface area contributed by atoms with Crippen molar-refractivity contribution in [2.24, 2.45) is 21.5 Å². The lowest BCUT2D eigenvalue weighted by Gasteiger charge is -1.97. The zero-order chi connectivity index (χ0) is 13.7. The van der Waals surface area contributed by atoms with Crippen LogP contribution in [-0.4, -0.2) is 18.3 Å². The Morgan fingerprint density at radius 2 is 2.27 bits per heavy atom. The van der Waals surface area contributed by atoms with Crippen LogP contribution >= 0.6 is 0 Å². The zero-order valence-corrected chi connectivity index (χ0v) is 8.62. The van der Waals surface area contributed by atoms with Crippen LogP contribution in [0.5, 0.6) is 0 Å². The van der Waals surface area contributed by atoms with Gasteiger partial charge in [-0.15, -0.1) is 0 Å². The van der Waals surface area contributed by atoms with Gasteiger partial charge in [0.15, 0.2) is 0 Å². The van der Waals surface area contributed by atoms with Crippen molar-refractivity contribution in [2.75, 3.05) is 6.54 Å². The predicted molar refractivity (Wildman–Crippen MR) is 63.9 cm³/mol. The molecule has 4 heteroatoms. The molecule has 1 aromatic carbocycles. The summed E-state index contributed by atoms with van der Waals surface area (Å²) in [5.41, 5.74) is 11.5. The second-order valence-corrected chi connectivity index (χ2v) is 3.00. The SMILES string of the molecule is [2H]c1ccc(CCN=C(N)N=C(C)N)c([2H])c1[2H]. The monoisotopic (exact) mass is 207 g/mol. The summed E-state index contributed by atoms with van der Waals surface area (Å²) in [6, 6.07) is 3.21. The normalized spacial score (nSPS) is 15.7. The maximum Gasteiger partial charge on any atom is 0.216 e. The highest BCUT2D eigenvalue weighted by atomic mass is 15.1. The third-order valence-corrected chi connectivity index (χ3v) is 1.61. The third-order valence-electron chi connectivity index (χ3n) is 1.61. The summed E-state index contributed by atoms with van der Waals surface area (Å²) in [5.74, 6) is 0.439. The molecule has 0 aliphatic heterocycles. The van der Waals surface area contributed by atoms with Crippen molar-refractivity contribution < 1.29 is 4.11 Å². The van der Waals surface area contributed by atoms with E-state index in [1.54, 1.807) is 13.0 Å². The molecule has 0 fully saturated rings. The number of hydrogen-bond acceptors (Lipinski definition) is 1. The van der Waals surface area contributed by atoms with Gasteiger partial charge in [-0.3, -0.25) is 4.99 Å². The van der Waals surface area contributed by atoms with E-state index in [4.69, 9.17) is 15.6 Å². The first-order valence-electron chi connectivity index (χ1n) is 6.08. The summed E-state index contributed by atoms with van der Waals surface area (Å²) in [5, 5.41) is 0. The number of nitrogens with two attached hydrogens (primary N) is 2. The molecule has 0 aliphatic rings. The quantitative estimate of drug-likeness (QED) is 0.571. The Hall–Kier alpha value is -1.84. The van der Waals surface area contributed by atoms with Gasteiger partial charge in [0.05, 0.1) is 9.95 Å². The maximum absolute atomic E-state index is 7.70. The molecule has 0 aromatic heterocycles. The molecule has 15 heavy (non-hydrogen) atoms. The van der Waals surface area contributed by atoms with Crippen LogP contribution in [0.3, 0.4) is 0 Å².